The predicted molar refractivity (Wildman–Crippen MR) is 77.3 cm³/mol. The number of hydrogen-bond acceptors (Lipinski definition) is 4. The van der Waals surface area contributed by atoms with E-state index in [-0.39, 0.29) is 5.56 Å². The molecule has 1 aromatic rings. The topological polar surface area (TPSA) is 46.9 Å². The molecule has 0 aliphatic heterocycles. The molecule has 0 bridgehead atoms. The van der Waals surface area contributed by atoms with E-state index in [1.165, 1.54) is 12.8 Å². The monoisotopic (exact) mass is 267 g/mol. The van der Waals surface area contributed by atoms with Gasteiger partial charge in [0.1, 0.15) is 0 Å². The van der Waals surface area contributed by atoms with Crippen molar-refractivity contribution in [3.8, 4) is 0 Å². The first-order chi connectivity index (χ1) is 8.56. The van der Waals surface area contributed by atoms with E-state index in [0.717, 1.165) is 13.1 Å². The lowest BCUT2D eigenvalue weighted by molar-refractivity contribution is 0.509. The summed E-state index contributed by atoms with van der Waals surface area (Å²) in [5.74, 6) is 0.942. The number of nitrogens with one attached hydrogen (secondary N) is 1. The Morgan fingerprint density at radius 2 is 2.28 bits per heavy atom. The lowest BCUT2D eigenvalue weighted by Gasteiger charge is -2.14. The molecule has 1 fully saturated rings. The highest BCUT2D eigenvalue weighted by molar-refractivity contribution is 8.00. The zero-order valence-electron chi connectivity index (χ0n) is 11.3. The molecule has 4 nitrogen and oxygen atoms in total. The van der Waals surface area contributed by atoms with Gasteiger partial charge in [-0.2, -0.15) is 11.8 Å². The predicted octanol–water partition coefficient (Wildman–Crippen LogP) is 2.21. The van der Waals surface area contributed by atoms with Gasteiger partial charge in [-0.1, -0.05) is 13.8 Å². The molecule has 1 aliphatic carbocycles. The van der Waals surface area contributed by atoms with Crippen molar-refractivity contribution in [2.45, 2.75) is 38.0 Å². The Kier molecular flexibility index (Phi) is 4.00. The van der Waals surface area contributed by atoms with Crippen LogP contribution in [0, 0.1) is 5.92 Å². The molecule has 0 spiro atoms. The largest absolute Gasteiger partial charge is 0.364 e. The highest BCUT2D eigenvalue weighted by atomic mass is 32.2. The summed E-state index contributed by atoms with van der Waals surface area (Å²) in [4.78, 5) is 16.3. The smallest absolute Gasteiger partial charge is 0.293 e. The van der Waals surface area contributed by atoms with Crippen LogP contribution in [0.2, 0.25) is 0 Å². The molecule has 1 aromatic heterocycles. The van der Waals surface area contributed by atoms with E-state index < -0.39 is 0 Å². The number of nitrogens with zero attached hydrogens (tertiary/aromatic N) is 2. The van der Waals surface area contributed by atoms with E-state index in [2.05, 4.69) is 30.4 Å². The second kappa shape index (κ2) is 5.34. The molecule has 0 aromatic carbocycles. The third kappa shape index (κ3) is 3.07. The van der Waals surface area contributed by atoms with Crippen molar-refractivity contribution in [3.05, 3.63) is 22.7 Å². The number of anilines is 1. The Labute approximate surface area is 112 Å². The molecule has 100 valence electrons. The van der Waals surface area contributed by atoms with Gasteiger partial charge in [-0.05, 0) is 25.0 Å². The zero-order valence-corrected chi connectivity index (χ0v) is 12.1. The summed E-state index contributed by atoms with van der Waals surface area (Å²) in [5.41, 5.74) is -0.0110. The maximum atomic E-state index is 12.2. The Hall–Kier alpha value is -0.970. The molecular formula is C13H21N3OS. The summed E-state index contributed by atoms with van der Waals surface area (Å²) in [5, 5.41) is 3.21. The van der Waals surface area contributed by atoms with E-state index in [0.29, 0.717) is 16.5 Å². The van der Waals surface area contributed by atoms with E-state index in [4.69, 9.17) is 0 Å². The van der Waals surface area contributed by atoms with Gasteiger partial charge in [-0.3, -0.25) is 4.79 Å². The van der Waals surface area contributed by atoms with Gasteiger partial charge in [-0.25, -0.2) is 4.98 Å². The first-order valence-electron chi connectivity index (χ1n) is 6.41. The van der Waals surface area contributed by atoms with Crippen LogP contribution in [0.25, 0.3) is 0 Å². The molecule has 1 saturated carbocycles. The molecule has 1 N–H and O–H groups in total. The normalized spacial score (nSPS) is 16.9. The van der Waals surface area contributed by atoms with Crippen LogP contribution >= 0.6 is 11.8 Å². The van der Waals surface area contributed by atoms with Gasteiger partial charge in [0, 0.05) is 30.2 Å². The van der Waals surface area contributed by atoms with Crippen molar-refractivity contribution in [1.29, 1.82) is 0 Å². The van der Waals surface area contributed by atoms with Crippen LogP contribution < -0.4 is 10.9 Å². The van der Waals surface area contributed by atoms with Crippen molar-refractivity contribution in [2.75, 3.05) is 18.1 Å². The Balaban J connectivity index is 2.06. The molecule has 0 amide bonds. The first-order valence-corrected chi connectivity index (χ1v) is 7.63. The molecular weight excluding hydrogens is 246 g/mol. The van der Waals surface area contributed by atoms with Gasteiger partial charge in [0.15, 0.2) is 5.82 Å². The molecule has 5 heteroatoms. The van der Waals surface area contributed by atoms with E-state index >= 15 is 0 Å². The fourth-order valence-electron chi connectivity index (χ4n) is 1.94. The summed E-state index contributed by atoms with van der Waals surface area (Å²) in [6.07, 6.45) is 8.05. The van der Waals surface area contributed by atoms with Crippen LogP contribution in [0.3, 0.4) is 0 Å². The van der Waals surface area contributed by atoms with E-state index in [1.54, 1.807) is 17.0 Å². The molecule has 18 heavy (non-hydrogen) atoms. The zero-order chi connectivity index (χ0) is 13.2. The molecule has 0 saturated heterocycles. The summed E-state index contributed by atoms with van der Waals surface area (Å²) in [7, 11) is 0. The van der Waals surface area contributed by atoms with Crippen molar-refractivity contribution in [3.63, 3.8) is 0 Å². The number of rotatable bonds is 6. The minimum atomic E-state index is -0.0110. The van der Waals surface area contributed by atoms with Crippen LogP contribution in [0.15, 0.2) is 17.2 Å². The van der Waals surface area contributed by atoms with E-state index in [1.807, 2.05) is 11.8 Å². The average molecular weight is 267 g/mol. The fourth-order valence-corrected chi connectivity index (χ4v) is 2.67. The number of hydrogen-bond donors (Lipinski definition) is 1. The summed E-state index contributed by atoms with van der Waals surface area (Å²) >= 11 is 1.88. The Morgan fingerprint density at radius 1 is 1.56 bits per heavy atom. The van der Waals surface area contributed by atoms with Crippen LogP contribution in [0.1, 0.15) is 26.7 Å². The van der Waals surface area contributed by atoms with Gasteiger partial charge in [-0.15, -0.1) is 0 Å². The minimum absolute atomic E-state index is 0.0110. The summed E-state index contributed by atoms with van der Waals surface area (Å²) in [6, 6.07) is 0. The van der Waals surface area contributed by atoms with Crippen LogP contribution in [-0.4, -0.2) is 27.1 Å². The SMILES string of the molecule is CSC1(CNc2nccn(CC(C)C)c2=O)CC1. The van der Waals surface area contributed by atoms with Crippen LogP contribution in [0.5, 0.6) is 0 Å². The molecule has 0 atom stereocenters. The Morgan fingerprint density at radius 3 is 2.83 bits per heavy atom. The molecule has 2 rings (SSSR count). The van der Waals surface area contributed by atoms with Gasteiger partial charge in [0.25, 0.3) is 5.56 Å². The minimum Gasteiger partial charge on any atom is -0.364 e. The van der Waals surface area contributed by atoms with Gasteiger partial charge < -0.3 is 9.88 Å². The lowest BCUT2D eigenvalue weighted by atomic mass is 10.2. The first kappa shape index (κ1) is 13.5. The Bertz CT molecular complexity index is 466. The van der Waals surface area contributed by atoms with Gasteiger partial charge >= 0.3 is 0 Å². The maximum absolute atomic E-state index is 12.2. The molecule has 1 heterocycles. The maximum Gasteiger partial charge on any atom is 0.293 e. The van der Waals surface area contributed by atoms with Crippen LogP contribution in [0.4, 0.5) is 5.82 Å². The van der Waals surface area contributed by atoms with Crippen LogP contribution in [-0.2, 0) is 6.54 Å². The molecule has 0 unspecified atom stereocenters. The van der Waals surface area contributed by atoms with Crippen molar-refractivity contribution >= 4 is 17.6 Å². The third-order valence-electron chi connectivity index (χ3n) is 3.29. The summed E-state index contributed by atoms with van der Waals surface area (Å²) < 4.78 is 2.07. The standard InChI is InChI=1S/C13H21N3OS/c1-10(2)8-16-7-6-14-11(12(16)17)15-9-13(18-3)4-5-13/h6-7,10H,4-5,8-9H2,1-3H3,(H,14,15). The van der Waals surface area contributed by atoms with E-state index in [9.17, 15) is 4.79 Å². The van der Waals surface area contributed by atoms with Gasteiger partial charge in [0.05, 0.1) is 0 Å². The number of thioether (sulfide) groups is 1. The van der Waals surface area contributed by atoms with Crippen molar-refractivity contribution in [2.24, 2.45) is 5.92 Å². The second-order valence-electron chi connectivity index (χ2n) is 5.37. The molecule has 1 aliphatic rings. The quantitative estimate of drug-likeness (QED) is 0.858. The number of aromatic nitrogens is 2. The van der Waals surface area contributed by atoms with Crippen molar-refractivity contribution < 1.29 is 0 Å². The second-order valence-corrected chi connectivity index (χ2v) is 6.64. The molecule has 0 radical (unpaired) electrons. The highest BCUT2D eigenvalue weighted by Crippen LogP contribution is 2.46. The average Bonchev–Trinajstić information content (AvgIpc) is 3.10. The summed E-state index contributed by atoms with van der Waals surface area (Å²) in [6.45, 7) is 5.78. The van der Waals surface area contributed by atoms with Crippen molar-refractivity contribution in [1.82, 2.24) is 9.55 Å². The third-order valence-corrected chi connectivity index (χ3v) is 4.71. The van der Waals surface area contributed by atoms with Gasteiger partial charge in [0.2, 0.25) is 0 Å². The lowest BCUT2D eigenvalue weighted by Crippen LogP contribution is -2.28. The highest BCUT2D eigenvalue weighted by Gasteiger charge is 2.41. The fraction of sp³-hybridized carbons (Fsp3) is 0.692.